The Morgan fingerprint density at radius 2 is 2.00 bits per heavy atom. The molecule has 3 aromatic rings. The Balaban J connectivity index is 1.75. The Morgan fingerprint density at radius 3 is 2.75 bits per heavy atom. The molecule has 1 aromatic heterocycles. The molecule has 0 atom stereocenters. The van der Waals surface area contributed by atoms with Crippen molar-refractivity contribution < 1.29 is 5.11 Å². The molecule has 2 N–H and O–H groups in total. The van der Waals surface area contributed by atoms with E-state index in [0.717, 1.165) is 21.3 Å². The largest absolute Gasteiger partial charge is 0.506 e. The van der Waals surface area contributed by atoms with Gasteiger partial charge in [0.15, 0.2) is 0 Å². The summed E-state index contributed by atoms with van der Waals surface area (Å²) in [4.78, 5) is 4.50. The third kappa shape index (κ3) is 3.68. The van der Waals surface area contributed by atoms with Crippen molar-refractivity contribution in [3.8, 4) is 17.0 Å². The molecular weight excluding hydrogens is 454 g/mol. The lowest BCUT2D eigenvalue weighted by Crippen LogP contribution is -1.93. The summed E-state index contributed by atoms with van der Waals surface area (Å²) in [7, 11) is 0. The van der Waals surface area contributed by atoms with Gasteiger partial charge in [0.2, 0.25) is 5.13 Å². The van der Waals surface area contributed by atoms with E-state index < -0.39 is 0 Å². The molecule has 0 spiro atoms. The maximum Gasteiger partial charge on any atom is 0.203 e. The molecular formula is C17H13Br2N3OS. The van der Waals surface area contributed by atoms with E-state index in [1.54, 1.807) is 6.21 Å². The lowest BCUT2D eigenvalue weighted by molar-refractivity contribution is 0.470. The highest BCUT2D eigenvalue weighted by Crippen LogP contribution is 2.35. The van der Waals surface area contributed by atoms with Crippen LogP contribution < -0.4 is 5.43 Å². The fraction of sp³-hybridized carbons (Fsp3) is 0.0588. The summed E-state index contributed by atoms with van der Waals surface area (Å²) >= 11 is 8.31. The van der Waals surface area contributed by atoms with E-state index in [0.29, 0.717) is 15.2 Å². The highest BCUT2D eigenvalue weighted by Gasteiger charge is 2.10. The Bertz CT molecular complexity index is 894. The maximum atomic E-state index is 10.2. The number of hydrogen-bond acceptors (Lipinski definition) is 5. The Kier molecular flexibility index (Phi) is 5.33. The quantitative estimate of drug-likeness (QED) is 0.377. The van der Waals surface area contributed by atoms with Crippen molar-refractivity contribution in [2.75, 3.05) is 5.43 Å². The van der Waals surface area contributed by atoms with Crippen LogP contribution in [0.1, 0.15) is 11.1 Å². The van der Waals surface area contributed by atoms with Gasteiger partial charge in [-0.05, 0) is 34.5 Å². The van der Waals surface area contributed by atoms with Crippen molar-refractivity contribution in [1.29, 1.82) is 0 Å². The number of nitrogens with one attached hydrogen (secondary N) is 1. The van der Waals surface area contributed by atoms with Crippen LogP contribution in [0.3, 0.4) is 0 Å². The van der Waals surface area contributed by atoms with Crippen molar-refractivity contribution in [2.24, 2.45) is 5.10 Å². The minimum absolute atomic E-state index is 0.158. The zero-order valence-electron chi connectivity index (χ0n) is 12.6. The van der Waals surface area contributed by atoms with Crippen LogP contribution in [0.15, 0.2) is 55.8 Å². The van der Waals surface area contributed by atoms with Crippen LogP contribution in [-0.2, 0) is 0 Å². The van der Waals surface area contributed by atoms with Gasteiger partial charge in [-0.25, -0.2) is 4.98 Å². The molecule has 0 aliphatic heterocycles. The van der Waals surface area contributed by atoms with Gasteiger partial charge >= 0.3 is 0 Å². The first-order chi connectivity index (χ1) is 11.6. The summed E-state index contributed by atoms with van der Waals surface area (Å²) < 4.78 is 1.55. The Hall–Kier alpha value is -1.70. The molecule has 4 nitrogen and oxygen atoms in total. The van der Waals surface area contributed by atoms with Gasteiger partial charge in [-0.15, -0.1) is 11.3 Å². The highest BCUT2D eigenvalue weighted by molar-refractivity contribution is 9.11. The van der Waals surface area contributed by atoms with E-state index >= 15 is 0 Å². The van der Waals surface area contributed by atoms with Crippen LogP contribution in [0.25, 0.3) is 11.3 Å². The van der Waals surface area contributed by atoms with E-state index in [1.807, 2.05) is 48.7 Å². The van der Waals surface area contributed by atoms with Gasteiger partial charge in [-0.1, -0.05) is 46.3 Å². The topological polar surface area (TPSA) is 57.5 Å². The van der Waals surface area contributed by atoms with Crippen LogP contribution in [0.4, 0.5) is 5.13 Å². The lowest BCUT2D eigenvalue weighted by atomic mass is 10.1. The molecule has 122 valence electrons. The van der Waals surface area contributed by atoms with Gasteiger partial charge in [0.1, 0.15) is 5.75 Å². The number of anilines is 1. The number of hydrogen-bond donors (Lipinski definition) is 2. The first kappa shape index (κ1) is 17.1. The van der Waals surface area contributed by atoms with Crippen molar-refractivity contribution in [2.45, 2.75) is 6.92 Å². The van der Waals surface area contributed by atoms with E-state index in [-0.39, 0.29) is 5.75 Å². The molecule has 0 fully saturated rings. The molecule has 0 amide bonds. The van der Waals surface area contributed by atoms with Crippen molar-refractivity contribution in [3.05, 3.63) is 61.9 Å². The molecule has 0 radical (unpaired) electrons. The van der Waals surface area contributed by atoms with E-state index in [2.05, 4.69) is 47.4 Å². The fourth-order valence-corrected chi connectivity index (χ4v) is 3.87. The third-order valence-electron chi connectivity index (χ3n) is 3.39. The standard InChI is InChI=1S/C17H13Br2N3OS/c1-10-13(18)7-12(16(23)15(10)19)8-20-22-17-21-14(9-24-17)11-5-3-2-4-6-11/h2-9,23H,1H3,(H,21,22). The minimum atomic E-state index is 0.158. The molecule has 0 saturated carbocycles. The predicted molar refractivity (Wildman–Crippen MR) is 107 cm³/mol. The Morgan fingerprint density at radius 1 is 1.25 bits per heavy atom. The predicted octanol–water partition coefficient (Wildman–Crippen LogP) is 5.80. The number of phenolic OH excluding ortho intramolecular Hbond substituents is 1. The number of phenols is 1. The van der Waals surface area contributed by atoms with Crippen LogP contribution in [0.2, 0.25) is 0 Å². The van der Waals surface area contributed by atoms with E-state index in [1.165, 1.54) is 11.3 Å². The number of aromatic nitrogens is 1. The minimum Gasteiger partial charge on any atom is -0.506 e. The molecule has 7 heteroatoms. The summed E-state index contributed by atoms with van der Waals surface area (Å²) in [6, 6.07) is 11.8. The molecule has 0 aliphatic rings. The third-order valence-corrected chi connectivity index (χ3v) is 5.93. The summed E-state index contributed by atoms with van der Waals surface area (Å²) in [6.45, 7) is 1.91. The zero-order chi connectivity index (χ0) is 17.1. The monoisotopic (exact) mass is 465 g/mol. The maximum absolute atomic E-state index is 10.2. The number of nitrogens with zero attached hydrogens (tertiary/aromatic N) is 2. The second-order valence-electron chi connectivity index (χ2n) is 5.01. The van der Waals surface area contributed by atoms with Gasteiger partial charge < -0.3 is 5.11 Å². The number of benzene rings is 2. The molecule has 1 heterocycles. The molecule has 0 bridgehead atoms. The Labute approximate surface area is 160 Å². The first-order valence-electron chi connectivity index (χ1n) is 7.04. The molecule has 0 saturated heterocycles. The van der Waals surface area contributed by atoms with Gasteiger partial charge in [0, 0.05) is 21.0 Å². The number of halogens is 2. The first-order valence-corrected chi connectivity index (χ1v) is 9.50. The van der Waals surface area contributed by atoms with Gasteiger partial charge in [0.05, 0.1) is 16.4 Å². The number of aromatic hydroxyl groups is 1. The molecule has 2 aromatic carbocycles. The van der Waals surface area contributed by atoms with Gasteiger partial charge in [-0.3, -0.25) is 5.43 Å². The molecule has 0 aliphatic carbocycles. The molecule has 3 rings (SSSR count). The highest BCUT2D eigenvalue weighted by atomic mass is 79.9. The summed E-state index contributed by atoms with van der Waals surface area (Å²) in [5.74, 6) is 0.158. The summed E-state index contributed by atoms with van der Waals surface area (Å²) in [6.07, 6.45) is 1.56. The lowest BCUT2D eigenvalue weighted by Gasteiger charge is -2.07. The molecule has 0 unspecified atom stereocenters. The van der Waals surface area contributed by atoms with Crippen molar-refractivity contribution >= 4 is 54.5 Å². The SMILES string of the molecule is Cc1c(Br)cc(C=NNc2nc(-c3ccccc3)cs2)c(O)c1Br. The molecule has 24 heavy (non-hydrogen) atoms. The fourth-order valence-electron chi connectivity index (χ4n) is 2.04. The van der Waals surface area contributed by atoms with Crippen LogP contribution in [-0.4, -0.2) is 16.3 Å². The van der Waals surface area contributed by atoms with E-state index in [9.17, 15) is 5.11 Å². The summed E-state index contributed by atoms with van der Waals surface area (Å²) in [5.41, 5.74) is 6.41. The number of thiazole rings is 1. The number of rotatable bonds is 4. The van der Waals surface area contributed by atoms with Crippen LogP contribution >= 0.6 is 43.2 Å². The zero-order valence-corrected chi connectivity index (χ0v) is 16.6. The van der Waals surface area contributed by atoms with Crippen molar-refractivity contribution in [3.63, 3.8) is 0 Å². The second kappa shape index (κ2) is 7.46. The van der Waals surface area contributed by atoms with Crippen molar-refractivity contribution in [1.82, 2.24) is 4.98 Å². The average Bonchev–Trinajstić information content (AvgIpc) is 3.07. The van der Waals surface area contributed by atoms with Crippen LogP contribution in [0.5, 0.6) is 5.75 Å². The summed E-state index contributed by atoms with van der Waals surface area (Å²) in [5, 5.41) is 17.0. The van der Waals surface area contributed by atoms with Gasteiger partial charge in [-0.2, -0.15) is 5.10 Å². The van der Waals surface area contributed by atoms with E-state index in [4.69, 9.17) is 0 Å². The van der Waals surface area contributed by atoms with Gasteiger partial charge in [0.25, 0.3) is 0 Å². The smallest absolute Gasteiger partial charge is 0.203 e. The second-order valence-corrected chi connectivity index (χ2v) is 7.51. The normalized spacial score (nSPS) is 11.1. The number of hydrazone groups is 1. The van der Waals surface area contributed by atoms with Crippen LogP contribution in [0, 0.1) is 6.92 Å². The average molecular weight is 467 g/mol.